The quantitative estimate of drug-likeness (QED) is 0.864. The predicted octanol–water partition coefficient (Wildman–Crippen LogP) is 4.52. The molecule has 0 aromatic heterocycles. The minimum Gasteiger partial charge on any atom is -0.320 e. The molecule has 3 nitrogen and oxygen atoms in total. The smallest absolute Gasteiger partial charge is 0.225 e. The molecule has 0 fully saturated rings. The van der Waals surface area contributed by atoms with E-state index in [0.717, 1.165) is 17.7 Å². The minimum atomic E-state index is -0.164. The van der Waals surface area contributed by atoms with Crippen LogP contribution in [0.2, 0.25) is 0 Å². The SMILES string of the molecule is CCc1ccc([C@@H]2CC(=O)NC(SCc3ccccc3)=C2C#N)cc1. The third kappa shape index (κ3) is 4.12. The molecule has 2 aromatic carbocycles. The highest BCUT2D eigenvalue weighted by Crippen LogP contribution is 2.36. The molecule has 25 heavy (non-hydrogen) atoms. The van der Waals surface area contributed by atoms with Gasteiger partial charge in [0.15, 0.2) is 0 Å². The van der Waals surface area contributed by atoms with Crippen molar-refractivity contribution in [1.82, 2.24) is 5.32 Å². The van der Waals surface area contributed by atoms with Crippen molar-refractivity contribution < 1.29 is 4.79 Å². The molecular formula is C21H20N2OS. The molecule has 0 aliphatic carbocycles. The van der Waals surface area contributed by atoms with Gasteiger partial charge in [-0.25, -0.2) is 0 Å². The first-order chi connectivity index (χ1) is 12.2. The molecule has 1 aliphatic rings. The standard InChI is InChI=1S/C21H20N2OS/c1-2-15-8-10-17(11-9-15)18-12-20(24)23-21(19(18)13-22)25-14-16-6-4-3-5-7-16/h3-11,18H,2,12,14H2,1H3,(H,23,24)/t18-/m0/s1. The number of carbonyl (C=O) groups excluding carboxylic acids is 1. The van der Waals surface area contributed by atoms with Crippen LogP contribution in [0.4, 0.5) is 0 Å². The molecule has 126 valence electrons. The number of rotatable bonds is 5. The Hall–Kier alpha value is -2.51. The summed E-state index contributed by atoms with van der Waals surface area (Å²) in [6.07, 6.45) is 1.30. The van der Waals surface area contributed by atoms with Gasteiger partial charge in [0, 0.05) is 18.1 Å². The Balaban J connectivity index is 1.87. The fourth-order valence-corrected chi connectivity index (χ4v) is 3.97. The van der Waals surface area contributed by atoms with Crippen LogP contribution in [0.5, 0.6) is 0 Å². The molecular weight excluding hydrogens is 328 g/mol. The summed E-state index contributed by atoms with van der Waals surface area (Å²) in [6.45, 7) is 2.11. The van der Waals surface area contributed by atoms with Gasteiger partial charge in [-0.2, -0.15) is 5.26 Å². The Morgan fingerprint density at radius 1 is 1.12 bits per heavy atom. The number of hydrogen-bond acceptors (Lipinski definition) is 3. The number of amides is 1. The second-order valence-electron chi connectivity index (χ2n) is 6.03. The average molecular weight is 348 g/mol. The van der Waals surface area contributed by atoms with E-state index in [1.54, 1.807) is 0 Å². The van der Waals surface area contributed by atoms with E-state index in [0.29, 0.717) is 17.0 Å². The van der Waals surface area contributed by atoms with E-state index in [4.69, 9.17) is 0 Å². The molecule has 2 aromatic rings. The largest absolute Gasteiger partial charge is 0.320 e. The Kier molecular flexibility index (Phi) is 5.57. The van der Waals surface area contributed by atoms with Crippen molar-refractivity contribution >= 4 is 17.7 Å². The van der Waals surface area contributed by atoms with Gasteiger partial charge in [-0.05, 0) is 23.1 Å². The van der Waals surface area contributed by atoms with Crippen LogP contribution in [0.3, 0.4) is 0 Å². The van der Waals surface area contributed by atoms with Gasteiger partial charge in [0.1, 0.15) is 0 Å². The van der Waals surface area contributed by atoms with Crippen LogP contribution in [0.15, 0.2) is 65.2 Å². The lowest BCUT2D eigenvalue weighted by atomic mass is 9.86. The van der Waals surface area contributed by atoms with Gasteiger partial charge in [0.05, 0.1) is 16.7 Å². The van der Waals surface area contributed by atoms with E-state index in [2.05, 4.69) is 30.4 Å². The number of thioether (sulfide) groups is 1. The number of allylic oxidation sites excluding steroid dienone is 1. The molecule has 0 unspecified atom stereocenters. The van der Waals surface area contributed by atoms with E-state index in [1.807, 2.05) is 42.5 Å². The Labute approximate surface area is 152 Å². The molecule has 1 aliphatic heterocycles. The van der Waals surface area contributed by atoms with E-state index >= 15 is 0 Å². The van der Waals surface area contributed by atoms with Crippen molar-refractivity contribution in [3.8, 4) is 6.07 Å². The third-order valence-electron chi connectivity index (χ3n) is 4.37. The maximum Gasteiger partial charge on any atom is 0.225 e. The van der Waals surface area contributed by atoms with Crippen molar-refractivity contribution in [3.63, 3.8) is 0 Å². The monoisotopic (exact) mass is 348 g/mol. The third-order valence-corrected chi connectivity index (χ3v) is 5.46. The Bertz CT molecular complexity index is 819. The van der Waals surface area contributed by atoms with Crippen LogP contribution >= 0.6 is 11.8 Å². The van der Waals surface area contributed by atoms with Crippen molar-refractivity contribution in [2.45, 2.75) is 31.4 Å². The zero-order valence-electron chi connectivity index (χ0n) is 14.2. The van der Waals surface area contributed by atoms with E-state index in [1.165, 1.54) is 22.9 Å². The van der Waals surface area contributed by atoms with Crippen LogP contribution in [0.25, 0.3) is 0 Å². The molecule has 1 heterocycles. The fourth-order valence-electron chi connectivity index (χ4n) is 2.93. The number of nitrogens with zero attached hydrogens (tertiary/aromatic N) is 1. The van der Waals surface area contributed by atoms with Gasteiger partial charge in [0.2, 0.25) is 5.91 Å². The Morgan fingerprint density at radius 2 is 1.84 bits per heavy atom. The van der Waals surface area contributed by atoms with Crippen molar-refractivity contribution in [3.05, 3.63) is 81.9 Å². The lowest BCUT2D eigenvalue weighted by molar-refractivity contribution is -0.120. The topological polar surface area (TPSA) is 52.9 Å². The van der Waals surface area contributed by atoms with Crippen molar-refractivity contribution in [2.75, 3.05) is 0 Å². The fraction of sp³-hybridized carbons (Fsp3) is 0.238. The zero-order valence-corrected chi connectivity index (χ0v) is 15.0. The molecule has 0 bridgehead atoms. The first kappa shape index (κ1) is 17.3. The summed E-state index contributed by atoms with van der Waals surface area (Å²) in [6, 6.07) is 20.6. The second-order valence-corrected chi connectivity index (χ2v) is 7.01. The first-order valence-corrected chi connectivity index (χ1v) is 9.39. The van der Waals surface area contributed by atoms with Crippen LogP contribution < -0.4 is 5.32 Å². The highest BCUT2D eigenvalue weighted by molar-refractivity contribution is 8.02. The van der Waals surface area contributed by atoms with Gasteiger partial charge in [-0.15, -0.1) is 11.8 Å². The molecule has 0 radical (unpaired) electrons. The molecule has 1 atom stereocenters. The molecule has 0 saturated heterocycles. The van der Waals surface area contributed by atoms with Crippen molar-refractivity contribution in [2.24, 2.45) is 0 Å². The average Bonchev–Trinajstić information content (AvgIpc) is 2.66. The van der Waals surface area contributed by atoms with E-state index in [9.17, 15) is 10.1 Å². The summed E-state index contributed by atoms with van der Waals surface area (Å²) >= 11 is 1.52. The summed E-state index contributed by atoms with van der Waals surface area (Å²) in [5.74, 6) is 0.533. The first-order valence-electron chi connectivity index (χ1n) is 8.41. The molecule has 0 spiro atoms. The van der Waals surface area contributed by atoms with E-state index in [-0.39, 0.29) is 11.8 Å². The van der Waals surface area contributed by atoms with Gasteiger partial charge < -0.3 is 5.32 Å². The molecule has 1 N–H and O–H groups in total. The van der Waals surface area contributed by atoms with E-state index < -0.39 is 0 Å². The van der Waals surface area contributed by atoms with Crippen LogP contribution in [-0.4, -0.2) is 5.91 Å². The maximum absolute atomic E-state index is 12.2. The number of benzene rings is 2. The lowest BCUT2D eigenvalue weighted by Crippen LogP contribution is -2.30. The summed E-state index contributed by atoms with van der Waals surface area (Å²) in [5, 5.41) is 13.3. The zero-order chi connectivity index (χ0) is 17.6. The van der Waals surface area contributed by atoms with Gasteiger partial charge in [-0.3, -0.25) is 4.79 Å². The van der Waals surface area contributed by atoms with Crippen LogP contribution in [-0.2, 0) is 17.0 Å². The van der Waals surface area contributed by atoms with Crippen LogP contribution in [0.1, 0.15) is 36.0 Å². The number of aryl methyl sites for hydroxylation is 1. The summed E-state index contributed by atoms with van der Waals surface area (Å²) < 4.78 is 0. The van der Waals surface area contributed by atoms with Crippen LogP contribution in [0, 0.1) is 11.3 Å². The normalized spacial score (nSPS) is 17.1. The minimum absolute atomic E-state index is 0.0286. The van der Waals surface area contributed by atoms with Crippen molar-refractivity contribution in [1.29, 1.82) is 5.26 Å². The second kappa shape index (κ2) is 8.04. The lowest BCUT2D eigenvalue weighted by Gasteiger charge is -2.25. The highest BCUT2D eigenvalue weighted by Gasteiger charge is 2.29. The number of carbonyl (C=O) groups is 1. The molecule has 4 heteroatoms. The van der Waals surface area contributed by atoms with Gasteiger partial charge in [-0.1, -0.05) is 61.5 Å². The highest BCUT2D eigenvalue weighted by atomic mass is 32.2. The maximum atomic E-state index is 12.2. The van der Waals surface area contributed by atoms with Gasteiger partial charge in [0.25, 0.3) is 0 Å². The molecule has 0 saturated carbocycles. The molecule has 3 rings (SSSR count). The number of nitrogens with one attached hydrogen (secondary N) is 1. The summed E-state index contributed by atoms with van der Waals surface area (Å²) in [4.78, 5) is 12.2. The Morgan fingerprint density at radius 3 is 2.48 bits per heavy atom. The number of hydrogen-bond donors (Lipinski definition) is 1. The molecule has 1 amide bonds. The summed E-state index contributed by atoms with van der Waals surface area (Å²) in [7, 11) is 0. The van der Waals surface area contributed by atoms with Gasteiger partial charge >= 0.3 is 0 Å². The predicted molar refractivity (Wildman–Crippen MR) is 102 cm³/mol. The number of nitriles is 1. The summed E-state index contributed by atoms with van der Waals surface area (Å²) in [5.41, 5.74) is 4.11.